The average Bonchev–Trinajstić information content (AvgIpc) is 2.48. The van der Waals surface area contributed by atoms with Gasteiger partial charge < -0.3 is 20.1 Å². The van der Waals surface area contributed by atoms with Crippen molar-refractivity contribution in [2.24, 2.45) is 0 Å². The third-order valence-corrected chi connectivity index (χ3v) is 2.69. The summed E-state index contributed by atoms with van der Waals surface area (Å²) in [6.07, 6.45) is -0.622. The Bertz CT molecular complexity index is 526. The molecule has 2 amide bonds. The van der Waals surface area contributed by atoms with E-state index in [1.165, 1.54) is 27.2 Å². The van der Waals surface area contributed by atoms with Crippen LogP contribution in [-0.2, 0) is 19.1 Å². The maximum Gasteiger partial charge on any atom is 0.313 e. The Kier molecular flexibility index (Phi) is 6.51. The number of hydrogen-bond donors (Lipinski definition) is 2. The highest BCUT2D eigenvalue weighted by Crippen LogP contribution is 2.10. The van der Waals surface area contributed by atoms with Crippen molar-refractivity contribution in [1.82, 2.24) is 5.32 Å². The summed E-state index contributed by atoms with van der Waals surface area (Å²) in [5.74, 6) is -1.78. The summed E-state index contributed by atoms with van der Waals surface area (Å²) in [5, 5.41) is 4.79. The molecule has 0 fully saturated rings. The number of carbonyl (C=O) groups is 3. The third-order valence-electron chi connectivity index (χ3n) is 2.69. The Morgan fingerprint density at radius 1 is 1.14 bits per heavy atom. The van der Waals surface area contributed by atoms with Gasteiger partial charge in [0.15, 0.2) is 12.1 Å². The van der Waals surface area contributed by atoms with Gasteiger partial charge in [-0.2, -0.15) is 0 Å². The van der Waals surface area contributed by atoms with Crippen LogP contribution in [0.5, 0.6) is 0 Å². The SMILES string of the molecule is COC(CNC(=O)C(=O)Nc1cccc(C(C)=O)c1)OC. The Labute approximate surface area is 122 Å². The number of carbonyl (C=O) groups excluding carboxylic acids is 3. The van der Waals surface area contributed by atoms with Gasteiger partial charge in [-0.25, -0.2) is 0 Å². The van der Waals surface area contributed by atoms with Gasteiger partial charge in [0.25, 0.3) is 0 Å². The van der Waals surface area contributed by atoms with Crippen LogP contribution in [0.25, 0.3) is 0 Å². The highest BCUT2D eigenvalue weighted by atomic mass is 16.7. The van der Waals surface area contributed by atoms with Gasteiger partial charge in [-0.15, -0.1) is 0 Å². The first kappa shape index (κ1) is 16.8. The van der Waals surface area contributed by atoms with E-state index >= 15 is 0 Å². The predicted octanol–water partition coefficient (Wildman–Crippen LogP) is 0.563. The normalized spacial score (nSPS) is 10.3. The van der Waals surface area contributed by atoms with Crippen LogP contribution >= 0.6 is 0 Å². The van der Waals surface area contributed by atoms with Gasteiger partial charge in [0.2, 0.25) is 0 Å². The van der Waals surface area contributed by atoms with Crippen molar-refractivity contribution in [2.45, 2.75) is 13.2 Å². The molecule has 21 heavy (non-hydrogen) atoms. The van der Waals surface area contributed by atoms with Crippen LogP contribution in [0.2, 0.25) is 0 Å². The molecule has 0 bridgehead atoms. The van der Waals surface area contributed by atoms with E-state index in [0.29, 0.717) is 11.3 Å². The fraction of sp³-hybridized carbons (Fsp3) is 0.357. The molecule has 0 unspecified atom stereocenters. The molecule has 7 heteroatoms. The second-order valence-electron chi connectivity index (χ2n) is 4.20. The molecule has 0 spiro atoms. The Balaban J connectivity index is 2.58. The summed E-state index contributed by atoms with van der Waals surface area (Å²) in [6.45, 7) is 1.47. The van der Waals surface area contributed by atoms with Crippen molar-refractivity contribution in [3.8, 4) is 0 Å². The highest BCUT2D eigenvalue weighted by molar-refractivity contribution is 6.39. The van der Waals surface area contributed by atoms with Crippen LogP contribution in [-0.4, -0.2) is 44.7 Å². The van der Waals surface area contributed by atoms with Crippen LogP contribution in [0, 0.1) is 0 Å². The van der Waals surface area contributed by atoms with Gasteiger partial charge in [0.05, 0.1) is 6.54 Å². The molecule has 114 valence electrons. The lowest BCUT2D eigenvalue weighted by Gasteiger charge is -2.13. The molecule has 1 aromatic rings. The average molecular weight is 294 g/mol. The van der Waals surface area contributed by atoms with Crippen LogP contribution in [0.3, 0.4) is 0 Å². The van der Waals surface area contributed by atoms with Gasteiger partial charge >= 0.3 is 11.8 Å². The minimum Gasteiger partial charge on any atom is -0.354 e. The second-order valence-corrected chi connectivity index (χ2v) is 4.20. The van der Waals surface area contributed by atoms with Crippen LogP contribution in [0.4, 0.5) is 5.69 Å². The molecule has 0 aliphatic heterocycles. The van der Waals surface area contributed by atoms with E-state index in [0.717, 1.165) is 0 Å². The molecule has 0 saturated carbocycles. The lowest BCUT2D eigenvalue weighted by atomic mass is 10.1. The van der Waals surface area contributed by atoms with Crippen molar-refractivity contribution in [3.05, 3.63) is 29.8 Å². The number of amides is 2. The quantitative estimate of drug-likeness (QED) is 0.454. The first-order valence-electron chi connectivity index (χ1n) is 6.23. The molecule has 1 rings (SSSR count). The number of nitrogens with one attached hydrogen (secondary N) is 2. The van der Waals surface area contributed by atoms with Crippen LogP contribution in [0.1, 0.15) is 17.3 Å². The third kappa shape index (κ3) is 5.33. The van der Waals surface area contributed by atoms with Gasteiger partial charge in [-0.3, -0.25) is 14.4 Å². The molecule has 0 radical (unpaired) electrons. The molecule has 0 aliphatic carbocycles. The number of ketones is 1. The first-order valence-corrected chi connectivity index (χ1v) is 6.23. The second kappa shape index (κ2) is 8.13. The molecule has 0 heterocycles. The van der Waals surface area contributed by atoms with Crippen molar-refractivity contribution in [2.75, 3.05) is 26.1 Å². The van der Waals surface area contributed by atoms with Gasteiger partial charge in [-0.1, -0.05) is 12.1 Å². The predicted molar refractivity (Wildman–Crippen MR) is 75.9 cm³/mol. The summed E-state index contributed by atoms with van der Waals surface area (Å²) >= 11 is 0. The molecule has 0 aromatic heterocycles. The monoisotopic (exact) mass is 294 g/mol. The van der Waals surface area contributed by atoms with Gasteiger partial charge in [0.1, 0.15) is 0 Å². The molecule has 7 nitrogen and oxygen atoms in total. The molecule has 0 atom stereocenters. The zero-order valence-electron chi connectivity index (χ0n) is 12.1. The summed E-state index contributed by atoms with van der Waals surface area (Å²) < 4.78 is 9.77. The van der Waals surface area contributed by atoms with E-state index in [4.69, 9.17) is 9.47 Å². The van der Waals surface area contributed by atoms with Crippen molar-refractivity contribution in [1.29, 1.82) is 0 Å². The van der Waals surface area contributed by atoms with E-state index < -0.39 is 18.1 Å². The number of rotatable bonds is 6. The van der Waals surface area contributed by atoms with Gasteiger partial charge in [-0.05, 0) is 19.1 Å². The molecule has 2 N–H and O–H groups in total. The molecular weight excluding hydrogens is 276 g/mol. The summed E-state index contributed by atoms with van der Waals surface area (Å²) in [7, 11) is 2.85. The molecule has 0 saturated heterocycles. The van der Waals surface area contributed by atoms with E-state index in [1.807, 2.05) is 0 Å². The highest BCUT2D eigenvalue weighted by Gasteiger charge is 2.16. The van der Waals surface area contributed by atoms with Crippen molar-refractivity contribution < 1.29 is 23.9 Å². The van der Waals surface area contributed by atoms with Crippen molar-refractivity contribution >= 4 is 23.3 Å². The maximum atomic E-state index is 11.7. The Morgan fingerprint density at radius 2 is 1.81 bits per heavy atom. The maximum absolute atomic E-state index is 11.7. The lowest BCUT2D eigenvalue weighted by Crippen LogP contribution is -2.40. The number of hydrogen-bond acceptors (Lipinski definition) is 5. The molecule has 0 aliphatic rings. The molecular formula is C14H18N2O5. The fourth-order valence-corrected chi connectivity index (χ4v) is 1.52. The van der Waals surface area contributed by atoms with Crippen LogP contribution < -0.4 is 10.6 Å². The number of ether oxygens (including phenoxy) is 2. The first-order chi connectivity index (χ1) is 9.97. The standard InChI is InChI=1S/C14H18N2O5/c1-9(17)10-5-4-6-11(7-10)16-14(19)13(18)15-8-12(20-2)21-3/h4-7,12H,8H2,1-3H3,(H,15,18)(H,16,19). The van der Waals surface area contributed by atoms with Gasteiger partial charge in [0, 0.05) is 25.5 Å². The zero-order chi connectivity index (χ0) is 15.8. The fourth-order valence-electron chi connectivity index (χ4n) is 1.52. The largest absolute Gasteiger partial charge is 0.354 e. The van der Waals surface area contributed by atoms with E-state index in [1.54, 1.807) is 18.2 Å². The zero-order valence-corrected chi connectivity index (χ0v) is 12.1. The minimum atomic E-state index is -0.832. The lowest BCUT2D eigenvalue weighted by molar-refractivity contribution is -0.139. The Hall–Kier alpha value is -2.25. The summed E-state index contributed by atoms with van der Waals surface area (Å²) in [4.78, 5) is 34.5. The summed E-state index contributed by atoms with van der Waals surface area (Å²) in [5.41, 5.74) is 0.824. The molecule has 1 aromatic carbocycles. The summed E-state index contributed by atoms with van der Waals surface area (Å²) in [6, 6.07) is 6.33. The minimum absolute atomic E-state index is 0.0484. The van der Waals surface area contributed by atoms with E-state index in [2.05, 4.69) is 10.6 Å². The number of benzene rings is 1. The van der Waals surface area contributed by atoms with E-state index in [-0.39, 0.29) is 12.3 Å². The Morgan fingerprint density at radius 3 is 2.38 bits per heavy atom. The van der Waals surface area contributed by atoms with Crippen molar-refractivity contribution in [3.63, 3.8) is 0 Å². The smallest absolute Gasteiger partial charge is 0.313 e. The number of anilines is 1. The van der Waals surface area contributed by atoms with Crippen LogP contribution in [0.15, 0.2) is 24.3 Å². The number of methoxy groups -OCH3 is 2. The number of Topliss-reactive ketones (excluding diaryl/α,β-unsaturated/α-hetero) is 1. The topological polar surface area (TPSA) is 93.7 Å². The van der Waals surface area contributed by atoms with E-state index in [9.17, 15) is 14.4 Å².